The molecular weight excluding hydrogens is 236 g/mol. The van der Waals surface area contributed by atoms with Crippen LogP contribution in [-0.4, -0.2) is 40.5 Å². The molecule has 18 heavy (non-hydrogen) atoms. The van der Waals surface area contributed by atoms with Crippen LogP contribution in [0.3, 0.4) is 0 Å². The predicted octanol–water partition coefficient (Wildman–Crippen LogP) is 1.36. The summed E-state index contributed by atoms with van der Waals surface area (Å²) in [5.74, 6) is -0.466. The van der Waals surface area contributed by atoms with Gasteiger partial charge in [0.15, 0.2) is 0 Å². The largest absolute Gasteiger partial charge is 0.394 e. The highest BCUT2D eigenvalue weighted by molar-refractivity contribution is 5.98. The van der Waals surface area contributed by atoms with Crippen LogP contribution in [0.25, 0.3) is 0 Å². The highest BCUT2D eigenvalue weighted by Crippen LogP contribution is 2.24. The zero-order valence-corrected chi connectivity index (χ0v) is 10.6. The molecule has 0 saturated carbocycles. The van der Waals surface area contributed by atoms with Crippen molar-refractivity contribution in [2.24, 2.45) is 0 Å². The van der Waals surface area contributed by atoms with Crippen molar-refractivity contribution >= 4 is 11.6 Å². The average molecular weight is 252 g/mol. The molecule has 6 nitrogen and oxygen atoms in total. The van der Waals surface area contributed by atoms with E-state index in [0.717, 1.165) is 0 Å². The van der Waals surface area contributed by atoms with Crippen molar-refractivity contribution in [1.82, 2.24) is 4.90 Å². The topological polar surface area (TPSA) is 83.7 Å². The van der Waals surface area contributed by atoms with E-state index in [9.17, 15) is 14.9 Å². The van der Waals surface area contributed by atoms with Crippen molar-refractivity contribution in [2.45, 2.75) is 19.9 Å². The SMILES string of the molecule is Cc1cccc(C(=O)N(C)C(C)CO)c1[N+](=O)[O-]. The summed E-state index contributed by atoms with van der Waals surface area (Å²) in [6.07, 6.45) is 0. The predicted molar refractivity (Wildman–Crippen MR) is 66.5 cm³/mol. The molecule has 0 aliphatic carbocycles. The zero-order valence-electron chi connectivity index (χ0n) is 10.6. The highest BCUT2D eigenvalue weighted by atomic mass is 16.6. The molecule has 1 aromatic rings. The molecule has 0 heterocycles. The number of nitro groups is 1. The number of aryl methyl sites for hydroxylation is 1. The minimum atomic E-state index is -0.556. The number of benzene rings is 1. The number of nitrogens with zero attached hydrogens (tertiary/aromatic N) is 2. The Kier molecular flexibility index (Phi) is 4.38. The maximum atomic E-state index is 12.1. The molecule has 98 valence electrons. The van der Waals surface area contributed by atoms with Crippen molar-refractivity contribution in [3.05, 3.63) is 39.4 Å². The van der Waals surface area contributed by atoms with E-state index in [0.29, 0.717) is 5.56 Å². The zero-order chi connectivity index (χ0) is 13.9. The van der Waals surface area contributed by atoms with Crippen LogP contribution in [0.2, 0.25) is 0 Å². The van der Waals surface area contributed by atoms with Crippen molar-refractivity contribution in [1.29, 1.82) is 0 Å². The Labute approximate surface area is 105 Å². The second kappa shape index (κ2) is 5.59. The molecule has 0 aliphatic heterocycles. The summed E-state index contributed by atoms with van der Waals surface area (Å²) < 4.78 is 0. The van der Waals surface area contributed by atoms with Crippen LogP contribution in [0.5, 0.6) is 0 Å². The summed E-state index contributed by atoms with van der Waals surface area (Å²) in [5, 5.41) is 20.0. The first kappa shape index (κ1) is 14.1. The van der Waals surface area contributed by atoms with Crippen molar-refractivity contribution in [3.8, 4) is 0 Å². The van der Waals surface area contributed by atoms with Gasteiger partial charge in [-0.25, -0.2) is 0 Å². The number of rotatable bonds is 4. The van der Waals surface area contributed by atoms with Gasteiger partial charge in [0.2, 0.25) is 0 Å². The van der Waals surface area contributed by atoms with Gasteiger partial charge in [-0.2, -0.15) is 0 Å². The van der Waals surface area contributed by atoms with Crippen LogP contribution in [0, 0.1) is 17.0 Å². The fourth-order valence-electron chi connectivity index (χ4n) is 1.59. The van der Waals surface area contributed by atoms with Crippen LogP contribution in [0.1, 0.15) is 22.8 Å². The molecule has 0 radical (unpaired) electrons. The summed E-state index contributed by atoms with van der Waals surface area (Å²) in [6, 6.07) is 4.23. The van der Waals surface area contributed by atoms with Gasteiger partial charge in [0.05, 0.1) is 17.6 Å². The Morgan fingerprint density at radius 3 is 2.67 bits per heavy atom. The number of carbonyl (C=O) groups excluding carboxylic acids is 1. The smallest absolute Gasteiger partial charge is 0.285 e. The number of hydrogen-bond donors (Lipinski definition) is 1. The number of amides is 1. The third-order valence-corrected chi connectivity index (χ3v) is 2.90. The number of hydrogen-bond acceptors (Lipinski definition) is 4. The molecule has 0 aromatic heterocycles. The first-order valence-corrected chi connectivity index (χ1v) is 5.52. The van der Waals surface area contributed by atoms with Gasteiger partial charge in [-0.05, 0) is 19.9 Å². The lowest BCUT2D eigenvalue weighted by atomic mass is 10.1. The standard InChI is InChI=1S/C12H16N2O4/c1-8-5-4-6-10(11(8)14(17)18)12(16)13(3)9(2)7-15/h4-6,9,15H,7H2,1-3H3. The fraction of sp³-hybridized carbons (Fsp3) is 0.417. The molecule has 0 saturated heterocycles. The lowest BCUT2D eigenvalue weighted by molar-refractivity contribution is -0.385. The molecule has 1 unspecified atom stereocenters. The number of likely N-dealkylation sites (N-methyl/N-ethyl adjacent to an activating group) is 1. The number of nitro benzene ring substituents is 1. The van der Waals surface area contributed by atoms with Gasteiger partial charge in [-0.3, -0.25) is 14.9 Å². The monoisotopic (exact) mass is 252 g/mol. The van der Waals surface area contributed by atoms with Crippen LogP contribution >= 0.6 is 0 Å². The Morgan fingerprint density at radius 1 is 1.56 bits per heavy atom. The van der Waals surface area contributed by atoms with Gasteiger partial charge in [-0.15, -0.1) is 0 Å². The number of para-hydroxylation sites is 1. The molecule has 6 heteroatoms. The van der Waals surface area contributed by atoms with E-state index >= 15 is 0 Å². The van der Waals surface area contributed by atoms with E-state index in [1.54, 1.807) is 26.0 Å². The lowest BCUT2D eigenvalue weighted by Gasteiger charge is -2.23. The molecule has 1 atom stereocenters. The molecule has 1 aromatic carbocycles. The second-order valence-corrected chi connectivity index (χ2v) is 4.18. The normalized spacial score (nSPS) is 12.0. The number of aliphatic hydroxyl groups excluding tert-OH is 1. The molecule has 1 N–H and O–H groups in total. The Hall–Kier alpha value is -1.95. The third-order valence-electron chi connectivity index (χ3n) is 2.90. The lowest BCUT2D eigenvalue weighted by Crippen LogP contribution is -2.37. The van der Waals surface area contributed by atoms with Crippen molar-refractivity contribution in [2.75, 3.05) is 13.7 Å². The summed E-state index contributed by atoms with van der Waals surface area (Å²) in [7, 11) is 1.51. The summed E-state index contributed by atoms with van der Waals surface area (Å²) in [4.78, 5) is 23.9. The molecule has 1 amide bonds. The minimum absolute atomic E-state index is 0.0443. The average Bonchev–Trinajstić information content (AvgIpc) is 2.35. The fourth-order valence-corrected chi connectivity index (χ4v) is 1.59. The highest BCUT2D eigenvalue weighted by Gasteiger charge is 2.26. The van der Waals surface area contributed by atoms with Crippen molar-refractivity contribution < 1.29 is 14.8 Å². The maximum absolute atomic E-state index is 12.1. The summed E-state index contributed by atoms with van der Waals surface area (Å²) >= 11 is 0. The maximum Gasteiger partial charge on any atom is 0.285 e. The van der Waals surface area contributed by atoms with Gasteiger partial charge in [0, 0.05) is 12.6 Å². The minimum Gasteiger partial charge on any atom is -0.394 e. The van der Waals surface area contributed by atoms with Gasteiger partial charge in [0.25, 0.3) is 11.6 Å². The Balaban J connectivity index is 3.21. The van der Waals surface area contributed by atoms with E-state index in [2.05, 4.69) is 0 Å². The van der Waals surface area contributed by atoms with Crippen LogP contribution in [0.15, 0.2) is 18.2 Å². The van der Waals surface area contributed by atoms with Gasteiger partial charge >= 0.3 is 0 Å². The van der Waals surface area contributed by atoms with E-state index in [1.165, 1.54) is 18.0 Å². The molecule has 0 bridgehead atoms. The van der Waals surface area contributed by atoms with Gasteiger partial charge in [-0.1, -0.05) is 12.1 Å². The van der Waals surface area contributed by atoms with Crippen molar-refractivity contribution in [3.63, 3.8) is 0 Å². The van der Waals surface area contributed by atoms with Gasteiger partial charge in [0.1, 0.15) is 5.56 Å². The first-order chi connectivity index (χ1) is 8.40. The van der Waals surface area contributed by atoms with Crippen LogP contribution in [-0.2, 0) is 0 Å². The summed E-state index contributed by atoms with van der Waals surface area (Å²) in [5.41, 5.74) is 0.304. The van der Waals surface area contributed by atoms with E-state index < -0.39 is 16.9 Å². The molecule has 0 fully saturated rings. The molecular formula is C12H16N2O4. The quantitative estimate of drug-likeness (QED) is 0.647. The third kappa shape index (κ3) is 2.65. The molecule has 1 rings (SSSR count). The Bertz CT molecular complexity index is 473. The van der Waals surface area contributed by atoms with Crippen LogP contribution in [0.4, 0.5) is 5.69 Å². The molecule has 0 spiro atoms. The number of carbonyl (C=O) groups is 1. The van der Waals surface area contributed by atoms with E-state index in [1.807, 2.05) is 0 Å². The number of aliphatic hydroxyl groups is 1. The van der Waals surface area contributed by atoms with Gasteiger partial charge < -0.3 is 10.0 Å². The second-order valence-electron chi connectivity index (χ2n) is 4.18. The van der Waals surface area contributed by atoms with E-state index in [-0.39, 0.29) is 17.9 Å². The summed E-state index contributed by atoms with van der Waals surface area (Å²) in [6.45, 7) is 3.06. The Morgan fingerprint density at radius 2 is 2.17 bits per heavy atom. The molecule has 0 aliphatic rings. The van der Waals surface area contributed by atoms with E-state index in [4.69, 9.17) is 5.11 Å². The van der Waals surface area contributed by atoms with Crippen LogP contribution < -0.4 is 0 Å². The first-order valence-electron chi connectivity index (χ1n) is 5.52.